The van der Waals surface area contributed by atoms with Crippen LogP contribution in [0.5, 0.6) is 0 Å². The molecule has 106 valence electrons. The number of carboxylic acids is 1. The van der Waals surface area contributed by atoms with Gasteiger partial charge in [-0.25, -0.2) is 4.79 Å². The van der Waals surface area contributed by atoms with E-state index in [9.17, 15) is 9.59 Å². The topological polar surface area (TPSA) is 72.2 Å². The number of aliphatic carboxylic acids is 1. The van der Waals surface area contributed by atoms with Gasteiger partial charge in [-0.1, -0.05) is 27.7 Å². The fourth-order valence-electron chi connectivity index (χ4n) is 2.29. The van der Waals surface area contributed by atoms with Crippen molar-refractivity contribution in [3.05, 3.63) is 27.4 Å². The molecule has 0 aliphatic carbocycles. The molecule has 0 atom stereocenters. The van der Waals surface area contributed by atoms with Crippen molar-refractivity contribution in [1.82, 2.24) is 9.55 Å². The van der Waals surface area contributed by atoms with Gasteiger partial charge in [0.25, 0.3) is 0 Å². The van der Waals surface area contributed by atoms with E-state index in [0.717, 1.165) is 5.69 Å². The Kier molecular flexibility index (Phi) is 5.27. The van der Waals surface area contributed by atoms with E-state index in [-0.39, 0.29) is 12.1 Å². The van der Waals surface area contributed by atoms with Crippen LogP contribution in [0.4, 0.5) is 0 Å². The van der Waals surface area contributed by atoms with Crippen molar-refractivity contribution in [3.8, 4) is 0 Å². The highest BCUT2D eigenvalue weighted by Gasteiger charge is 2.17. The molecule has 0 bridgehead atoms. The van der Waals surface area contributed by atoms with E-state index in [1.54, 1.807) is 4.57 Å². The van der Waals surface area contributed by atoms with Crippen molar-refractivity contribution in [1.29, 1.82) is 0 Å². The van der Waals surface area contributed by atoms with Gasteiger partial charge in [0.1, 0.15) is 0 Å². The summed E-state index contributed by atoms with van der Waals surface area (Å²) >= 11 is 0. The number of aromatic nitrogens is 2. The molecule has 5 nitrogen and oxygen atoms in total. The average molecular weight is 266 g/mol. The number of carboxylic acid groups (broad SMARTS) is 1. The molecule has 5 heteroatoms. The quantitative estimate of drug-likeness (QED) is 0.849. The van der Waals surface area contributed by atoms with Crippen molar-refractivity contribution in [3.63, 3.8) is 0 Å². The highest BCUT2D eigenvalue weighted by molar-refractivity contribution is 5.71. The van der Waals surface area contributed by atoms with Gasteiger partial charge in [0.05, 0.1) is 12.1 Å². The van der Waals surface area contributed by atoms with E-state index in [1.165, 1.54) is 0 Å². The Morgan fingerprint density at radius 1 is 1.32 bits per heavy atom. The van der Waals surface area contributed by atoms with Crippen LogP contribution in [0.3, 0.4) is 0 Å². The number of hydrogen-bond acceptors (Lipinski definition) is 3. The molecule has 0 aliphatic heterocycles. The predicted molar refractivity (Wildman–Crippen MR) is 73.4 cm³/mol. The molecular formula is C14H22N2O3. The molecule has 1 aromatic rings. The zero-order chi connectivity index (χ0) is 14.6. The monoisotopic (exact) mass is 266 g/mol. The lowest BCUT2D eigenvalue weighted by Crippen LogP contribution is -2.31. The third-order valence-electron chi connectivity index (χ3n) is 3.03. The SMILES string of the molecule is CCc1nc(=O)n(CC(C)C)c(CC)c1CC(=O)O. The summed E-state index contributed by atoms with van der Waals surface area (Å²) in [4.78, 5) is 27.1. The number of aryl methyl sites for hydroxylation is 1. The number of carbonyl (C=O) groups is 1. The van der Waals surface area contributed by atoms with Crippen LogP contribution in [0, 0.1) is 5.92 Å². The minimum Gasteiger partial charge on any atom is -0.481 e. The summed E-state index contributed by atoms with van der Waals surface area (Å²) in [6.45, 7) is 8.45. The third-order valence-corrected chi connectivity index (χ3v) is 3.03. The van der Waals surface area contributed by atoms with Crippen LogP contribution in [0.1, 0.15) is 44.6 Å². The predicted octanol–water partition coefficient (Wildman–Crippen LogP) is 1.65. The lowest BCUT2D eigenvalue weighted by molar-refractivity contribution is -0.136. The van der Waals surface area contributed by atoms with Crippen LogP contribution in [0.15, 0.2) is 4.79 Å². The first-order valence-corrected chi connectivity index (χ1v) is 6.73. The maximum absolute atomic E-state index is 12.1. The molecule has 1 heterocycles. The summed E-state index contributed by atoms with van der Waals surface area (Å²) in [5, 5.41) is 9.03. The summed E-state index contributed by atoms with van der Waals surface area (Å²) in [6.07, 6.45) is 1.14. The first-order valence-electron chi connectivity index (χ1n) is 6.73. The molecule has 0 spiro atoms. The van der Waals surface area contributed by atoms with Crippen molar-refractivity contribution in [2.45, 2.75) is 53.5 Å². The normalized spacial score (nSPS) is 11.0. The molecule has 1 rings (SSSR count). The molecule has 0 saturated carbocycles. The summed E-state index contributed by atoms with van der Waals surface area (Å²) in [5.41, 5.74) is 1.87. The zero-order valence-electron chi connectivity index (χ0n) is 12.1. The summed E-state index contributed by atoms with van der Waals surface area (Å²) in [5.74, 6) is -0.573. The fourth-order valence-corrected chi connectivity index (χ4v) is 2.29. The Hall–Kier alpha value is -1.65. The van der Waals surface area contributed by atoms with E-state index < -0.39 is 5.97 Å². The smallest absolute Gasteiger partial charge is 0.348 e. The Morgan fingerprint density at radius 3 is 2.37 bits per heavy atom. The Labute approximate surface area is 113 Å². The number of nitrogens with zero attached hydrogens (tertiary/aromatic N) is 2. The standard InChI is InChI=1S/C14H22N2O3/c1-5-11-10(7-13(17)18)12(6-2)16(8-9(3)4)14(19)15-11/h9H,5-8H2,1-4H3,(H,17,18). The van der Waals surface area contributed by atoms with Crippen molar-refractivity contribution in [2.75, 3.05) is 0 Å². The molecule has 19 heavy (non-hydrogen) atoms. The van der Waals surface area contributed by atoms with Gasteiger partial charge < -0.3 is 5.11 Å². The van der Waals surface area contributed by atoms with Crippen LogP contribution in [-0.2, 0) is 30.6 Å². The second kappa shape index (κ2) is 6.50. The summed E-state index contributed by atoms with van der Waals surface area (Å²) in [7, 11) is 0. The van der Waals surface area contributed by atoms with Gasteiger partial charge in [-0.05, 0) is 18.8 Å². The van der Waals surface area contributed by atoms with Gasteiger partial charge >= 0.3 is 11.7 Å². The van der Waals surface area contributed by atoms with Gasteiger partial charge in [-0.15, -0.1) is 0 Å². The lowest BCUT2D eigenvalue weighted by atomic mass is 10.0. The summed E-state index contributed by atoms with van der Waals surface area (Å²) < 4.78 is 1.63. The summed E-state index contributed by atoms with van der Waals surface area (Å²) in [6, 6.07) is 0. The number of hydrogen-bond donors (Lipinski definition) is 1. The van der Waals surface area contributed by atoms with E-state index in [0.29, 0.717) is 36.6 Å². The molecule has 1 aromatic heterocycles. The van der Waals surface area contributed by atoms with Crippen LogP contribution >= 0.6 is 0 Å². The lowest BCUT2D eigenvalue weighted by Gasteiger charge is -2.18. The average Bonchev–Trinajstić information content (AvgIpc) is 2.32. The van der Waals surface area contributed by atoms with Crippen molar-refractivity contribution in [2.24, 2.45) is 5.92 Å². The van der Waals surface area contributed by atoms with Crippen LogP contribution < -0.4 is 5.69 Å². The molecule has 0 aliphatic rings. The van der Waals surface area contributed by atoms with Crippen LogP contribution in [0.2, 0.25) is 0 Å². The molecule has 0 aromatic carbocycles. The van der Waals surface area contributed by atoms with E-state index in [4.69, 9.17) is 5.11 Å². The van der Waals surface area contributed by atoms with Gasteiger partial charge in [0, 0.05) is 17.8 Å². The first kappa shape index (κ1) is 15.4. The highest BCUT2D eigenvalue weighted by atomic mass is 16.4. The van der Waals surface area contributed by atoms with Gasteiger partial charge in [0.2, 0.25) is 0 Å². The van der Waals surface area contributed by atoms with Crippen LogP contribution in [-0.4, -0.2) is 20.6 Å². The minimum atomic E-state index is -0.888. The number of rotatable bonds is 6. The van der Waals surface area contributed by atoms with Gasteiger partial charge in [0.15, 0.2) is 0 Å². The largest absolute Gasteiger partial charge is 0.481 e. The second-order valence-corrected chi connectivity index (χ2v) is 5.05. The molecule has 0 amide bonds. The van der Waals surface area contributed by atoms with Gasteiger partial charge in [-0.2, -0.15) is 4.98 Å². The van der Waals surface area contributed by atoms with Crippen molar-refractivity contribution >= 4 is 5.97 Å². The first-order chi connectivity index (χ1) is 8.90. The third kappa shape index (κ3) is 3.66. The van der Waals surface area contributed by atoms with E-state index >= 15 is 0 Å². The maximum atomic E-state index is 12.1. The Morgan fingerprint density at radius 2 is 1.95 bits per heavy atom. The Bertz CT molecular complexity index is 518. The molecule has 0 radical (unpaired) electrons. The van der Waals surface area contributed by atoms with Gasteiger partial charge in [-0.3, -0.25) is 9.36 Å². The highest BCUT2D eigenvalue weighted by Crippen LogP contribution is 2.15. The molecule has 1 N–H and O–H groups in total. The van der Waals surface area contributed by atoms with E-state index in [2.05, 4.69) is 4.98 Å². The molecule has 0 saturated heterocycles. The zero-order valence-corrected chi connectivity index (χ0v) is 12.1. The maximum Gasteiger partial charge on any atom is 0.348 e. The van der Waals surface area contributed by atoms with Crippen molar-refractivity contribution < 1.29 is 9.90 Å². The van der Waals surface area contributed by atoms with Crippen LogP contribution in [0.25, 0.3) is 0 Å². The second-order valence-electron chi connectivity index (χ2n) is 5.05. The fraction of sp³-hybridized carbons (Fsp3) is 0.643. The Balaban J connectivity index is 3.48. The molecule has 0 fully saturated rings. The molecule has 0 unspecified atom stereocenters. The minimum absolute atomic E-state index is 0.0717. The molecular weight excluding hydrogens is 244 g/mol. The van der Waals surface area contributed by atoms with E-state index in [1.807, 2.05) is 27.7 Å².